The van der Waals surface area contributed by atoms with Gasteiger partial charge in [-0.05, 0) is 58.4 Å². The molecular weight excluding hydrogens is 336 g/mol. The van der Waals surface area contributed by atoms with Gasteiger partial charge in [0.1, 0.15) is 5.75 Å². The molecule has 1 aromatic carbocycles. The topological polar surface area (TPSA) is 58.6 Å². The zero-order chi connectivity index (χ0) is 16.5. The molecule has 1 saturated heterocycles. The van der Waals surface area contributed by atoms with Crippen LogP contribution in [-0.4, -0.2) is 44.0 Å². The number of nitrogens with one attached hydrogen (secondary N) is 1. The zero-order valence-corrected chi connectivity index (χ0v) is 16.0. The first-order valence-electron chi connectivity index (χ1n) is 7.73. The van der Waals surface area contributed by atoms with Gasteiger partial charge < -0.3 is 10.1 Å². The van der Waals surface area contributed by atoms with Gasteiger partial charge in [-0.1, -0.05) is 0 Å². The Morgan fingerprint density at radius 3 is 2.26 bits per heavy atom. The maximum Gasteiger partial charge on any atom is 0.243 e. The van der Waals surface area contributed by atoms with E-state index in [1.165, 1.54) is 0 Å². The number of benzene rings is 1. The SMILES string of the molecule is Cc1cc(S(=O)(=O)N2CC(C)NC(C)C2)ccc1OC(C)C.Cl. The van der Waals surface area contributed by atoms with Crippen molar-refractivity contribution in [3.63, 3.8) is 0 Å². The lowest BCUT2D eigenvalue weighted by atomic mass is 10.2. The predicted molar refractivity (Wildman–Crippen MR) is 95.0 cm³/mol. The molecule has 132 valence electrons. The van der Waals surface area contributed by atoms with E-state index >= 15 is 0 Å². The number of rotatable bonds is 4. The number of ether oxygens (including phenoxy) is 1. The van der Waals surface area contributed by atoms with E-state index in [9.17, 15) is 8.42 Å². The average Bonchev–Trinajstić information content (AvgIpc) is 2.39. The van der Waals surface area contributed by atoms with Crippen LogP contribution in [0.15, 0.2) is 23.1 Å². The first-order valence-corrected chi connectivity index (χ1v) is 9.17. The van der Waals surface area contributed by atoms with Crippen LogP contribution in [0.2, 0.25) is 0 Å². The highest BCUT2D eigenvalue weighted by atomic mass is 35.5. The van der Waals surface area contributed by atoms with Crippen LogP contribution in [0.25, 0.3) is 0 Å². The Kier molecular flexibility index (Phi) is 6.89. The lowest BCUT2D eigenvalue weighted by Gasteiger charge is -2.35. The summed E-state index contributed by atoms with van der Waals surface area (Å²) in [4.78, 5) is 0.336. The van der Waals surface area contributed by atoms with E-state index in [1.54, 1.807) is 22.5 Å². The van der Waals surface area contributed by atoms with Crippen molar-refractivity contribution in [1.29, 1.82) is 0 Å². The van der Waals surface area contributed by atoms with Crippen LogP contribution in [0.1, 0.15) is 33.3 Å². The van der Waals surface area contributed by atoms with Gasteiger partial charge in [0.15, 0.2) is 0 Å². The van der Waals surface area contributed by atoms with Crippen molar-refractivity contribution in [2.75, 3.05) is 13.1 Å². The molecule has 5 nitrogen and oxygen atoms in total. The lowest BCUT2D eigenvalue weighted by Crippen LogP contribution is -2.55. The quantitative estimate of drug-likeness (QED) is 0.894. The second kappa shape index (κ2) is 7.83. The van der Waals surface area contributed by atoms with Crippen LogP contribution >= 0.6 is 12.4 Å². The highest BCUT2D eigenvalue weighted by Crippen LogP contribution is 2.25. The van der Waals surface area contributed by atoms with E-state index < -0.39 is 10.0 Å². The number of hydrogen-bond donors (Lipinski definition) is 1. The summed E-state index contributed by atoms with van der Waals surface area (Å²) in [7, 11) is -3.46. The second-order valence-corrected chi connectivity index (χ2v) is 8.32. The number of halogens is 1. The molecule has 23 heavy (non-hydrogen) atoms. The van der Waals surface area contributed by atoms with Crippen LogP contribution in [0.5, 0.6) is 5.75 Å². The lowest BCUT2D eigenvalue weighted by molar-refractivity contribution is 0.240. The van der Waals surface area contributed by atoms with Crippen LogP contribution in [0, 0.1) is 6.92 Å². The molecule has 1 aliphatic rings. The minimum atomic E-state index is -3.46. The molecule has 0 aliphatic carbocycles. The summed E-state index contributed by atoms with van der Waals surface area (Å²) in [6.07, 6.45) is 0.0658. The first-order chi connectivity index (χ1) is 10.2. The Balaban J connectivity index is 0.00000264. The van der Waals surface area contributed by atoms with Crippen LogP contribution in [0.4, 0.5) is 0 Å². The standard InChI is InChI=1S/C16H26N2O3S.ClH/c1-11(2)21-16-7-6-15(8-12(16)3)22(19,20)18-9-13(4)17-14(5)10-18;/h6-8,11,13-14,17H,9-10H2,1-5H3;1H. The predicted octanol–water partition coefficient (Wildman–Crippen LogP) is 2.57. The van der Waals surface area contributed by atoms with E-state index in [2.05, 4.69) is 5.32 Å². The highest BCUT2D eigenvalue weighted by molar-refractivity contribution is 7.89. The number of hydrogen-bond acceptors (Lipinski definition) is 4. The molecule has 0 radical (unpaired) electrons. The van der Waals surface area contributed by atoms with E-state index in [1.807, 2.05) is 34.6 Å². The van der Waals surface area contributed by atoms with Gasteiger partial charge in [0.05, 0.1) is 11.0 Å². The molecule has 0 bridgehead atoms. The molecular formula is C16H27ClN2O3S. The fourth-order valence-corrected chi connectivity index (χ4v) is 4.49. The fourth-order valence-electron chi connectivity index (χ4n) is 2.79. The van der Waals surface area contributed by atoms with E-state index in [0.29, 0.717) is 18.0 Å². The van der Waals surface area contributed by atoms with Gasteiger partial charge in [0.2, 0.25) is 10.0 Å². The normalized spacial score (nSPS) is 22.7. The fraction of sp³-hybridized carbons (Fsp3) is 0.625. The number of piperazine rings is 1. The molecule has 1 aliphatic heterocycles. The first kappa shape index (κ1) is 20.2. The Labute approximate surface area is 145 Å². The van der Waals surface area contributed by atoms with Crippen molar-refractivity contribution in [3.05, 3.63) is 23.8 Å². The van der Waals surface area contributed by atoms with Crippen molar-refractivity contribution in [1.82, 2.24) is 9.62 Å². The minimum Gasteiger partial charge on any atom is -0.491 e. The summed E-state index contributed by atoms with van der Waals surface area (Å²) in [6, 6.07) is 5.39. The third kappa shape index (κ3) is 4.83. The third-order valence-corrected chi connectivity index (χ3v) is 5.50. The Hall–Kier alpha value is -0.820. The maximum atomic E-state index is 12.8. The Morgan fingerprint density at radius 2 is 1.78 bits per heavy atom. The van der Waals surface area contributed by atoms with Crippen LogP contribution in [-0.2, 0) is 10.0 Å². The molecule has 0 saturated carbocycles. The monoisotopic (exact) mass is 362 g/mol. The summed E-state index contributed by atoms with van der Waals surface area (Å²) in [5.41, 5.74) is 0.839. The molecule has 2 atom stereocenters. The van der Waals surface area contributed by atoms with Gasteiger partial charge in [0.25, 0.3) is 0 Å². The number of nitrogens with zero attached hydrogens (tertiary/aromatic N) is 1. The molecule has 1 heterocycles. The molecule has 7 heteroatoms. The summed E-state index contributed by atoms with van der Waals surface area (Å²) in [6.45, 7) is 10.8. The maximum absolute atomic E-state index is 12.8. The van der Waals surface area contributed by atoms with Gasteiger partial charge in [-0.25, -0.2) is 8.42 Å². The molecule has 2 rings (SSSR count). The van der Waals surface area contributed by atoms with Crippen molar-refractivity contribution in [2.45, 2.75) is 57.7 Å². The molecule has 2 unspecified atom stereocenters. The molecule has 0 spiro atoms. The summed E-state index contributed by atoms with van der Waals surface area (Å²) < 4.78 is 32.9. The number of aryl methyl sites for hydroxylation is 1. The summed E-state index contributed by atoms with van der Waals surface area (Å²) >= 11 is 0. The second-order valence-electron chi connectivity index (χ2n) is 6.38. The summed E-state index contributed by atoms with van der Waals surface area (Å²) in [5, 5.41) is 3.35. The summed E-state index contributed by atoms with van der Waals surface area (Å²) in [5.74, 6) is 0.732. The van der Waals surface area contributed by atoms with Gasteiger partial charge in [0, 0.05) is 25.2 Å². The van der Waals surface area contributed by atoms with Crippen LogP contribution < -0.4 is 10.1 Å². The molecule has 1 fully saturated rings. The third-order valence-electron chi connectivity index (χ3n) is 3.67. The molecule has 1 N–H and O–H groups in total. The van der Waals surface area contributed by atoms with Crippen molar-refractivity contribution < 1.29 is 13.2 Å². The minimum absolute atomic E-state index is 0. The van der Waals surface area contributed by atoms with E-state index in [0.717, 1.165) is 11.3 Å². The van der Waals surface area contributed by atoms with Gasteiger partial charge in [-0.15, -0.1) is 12.4 Å². The Morgan fingerprint density at radius 1 is 1.22 bits per heavy atom. The van der Waals surface area contributed by atoms with E-state index in [4.69, 9.17) is 4.74 Å². The van der Waals surface area contributed by atoms with Crippen molar-refractivity contribution in [3.8, 4) is 5.75 Å². The molecule has 0 aromatic heterocycles. The average molecular weight is 363 g/mol. The molecule has 0 amide bonds. The Bertz CT molecular complexity index is 624. The van der Waals surface area contributed by atoms with Gasteiger partial charge in [-0.3, -0.25) is 0 Å². The van der Waals surface area contributed by atoms with Gasteiger partial charge >= 0.3 is 0 Å². The zero-order valence-electron chi connectivity index (χ0n) is 14.4. The molecule has 1 aromatic rings. The smallest absolute Gasteiger partial charge is 0.243 e. The largest absolute Gasteiger partial charge is 0.491 e. The van der Waals surface area contributed by atoms with Crippen LogP contribution in [0.3, 0.4) is 0 Å². The van der Waals surface area contributed by atoms with Crippen molar-refractivity contribution in [2.24, 2.45) is 0 Å². The van der Waals surface area contributed by atoms with Crippen molar-refractivity contribution >= 4 is 22.4 Å². The highest BCUT2D eigenvalue weighted by Gasteiger charge is 2.31. The number of sulfonamides is 1. The van der Waals surface area contributed by atoms with E-state index in [-0.39, 0.29) is 30.6 Å². The van der Waals surface area contributed by atoms with Gasteiger partial charge in [-0.2, -0.15) is 4.31 Å².